The van der Waals surface area contributed by atoms with Crippen molar-refractivity contribution in [2.45, 2.75) is 0 Å². The van der Waals surface area contributed by atoms with E-state index in [2.05, 4.69) is 10.4 Å². The van der Waals surface area contributed by atoms with Crippen LogP contribution in [0.4, 0.5) is 4.79 Å². The Morgan fingerprint density at radius 2 is 2.10 bits per heavy atom. The summed E-state index contributed by atoms with van der Waals surface area (Å²) in [6, 6.07) is -1.02. The predicted octanol–water partition coefficient (Wildman–Crippen LogP) is -1.82. The van der Waals surface area contributed by atoms with Crippen LogP contribution in [0.25, 0.3) is 0 Å². The van der Waals surface area contributed by atoms with Crippen LogP contribution in [0, 0.1) is 0 Å². The van der Waals surface area contributed by atoms with Gasteiger partial charge in [-0.2, -0.15) is 4.62 Å². The molecule has 0 saturated carbocycles. The molecule has 0 fully saturated rings. The molecule has 0 saturated heterocycles. The summed E-state index contributed by atoms with van der Waals surface area (Å²) < 4.78 is 13.4. The Morgan fingerprint density at radius 1 is 1.60 bits per heavy atom. The summed E-state index contributed by atoms with van der Waals surface area (Å²) in [4.78, 5) is 25.7. The maximum absolute atomic E-state index is 9.83. The van der Waals surface area contributed by atoms with Crippen molar-refractivity contribution in [2.24, 2.45) is 5.73 Å². The van der Waals surface area contributed by atoms with Crippen LogP contribution in [0.5, 0.6) is 0 Å². The minimum atomic E-state index is -4.60. The third-order valence-corrected chi connectivity index (χ3v) is 0.668. The monoisotopic (exact) mass is 171 g/mol. The van der Waals surface area contributed by atoms with E-state index in [0.717, 1.165) is 0 Å². The molecule has 0 bridgehead atoms. The third kappa shape index (κ3) is 7.34. The molecule has 0 radical (unpaired) electrons. The molecule has 0 aromatic heterocycles. The fourth-order valence-corrected chi connectivity index (χ4v) is 0.297. The zero-order valence-electron chi connectivity index (χ0n) is 4.64. The van der Waals surface area contributed by atoms with Gasteiger partial charge in [-0.3, -0.25) is 0 Å². The summed E-state index contributed by atoms with van der Waals surface area (Å²) in [5, 5.41) is 0. The normalized spacial score (nSPS) is 11.0. The first-order chi connectivity index (χ1) is 4.42. The van der Waals surface area contributed by atoms with E-state index < -0.39 is 13.9 Å². The highest BCUT2D eigenvalue weighted by Crippen LogP contribution is 2.33. The van der Waals surface area contributed by atoms with Crippen LogP contribution in [0.15, 0.2) is 0 Å². The van der Waals surface area contributed by atoms with Crippen LogP contribution >= 0.6 is 7.82 Å². The fourth-order valence-electron chi connectivity index (χ4n) is 0.133. The van der Waals surface area contributed by atoms with E-state index in [9.17, 15) is 9.36 Å². The van der Waals surface area contributed by atoms with Gasteiger partial charge in [0.1, 0.15) is 0 Å². The molecule has 0 spiro atoms. The van der Waals surface area contributed by atoms with Crippen molar-refractivity contribution in [1.29, 1.82) is 0 Å². The molecule has 0 unspecified atom stereocenters. The standard InChI is InChI=1S/CH6N3O5P/c2-1(5)3-4-9-10(6,7)8/h4H,(H3,2,3,5)(H2,6,7,8). The average Bonchev–Trinajstić information content (AvgIpc) is 1.59. The molecular weight excluding hydrogens is 165 g/mol. The molecule has 10 heavy (non-hydrogen) atoms. The van der Waals surface area contributed by atoms with Crippen molar-refractivity contribution in [1.82, 2.24) is 11.0 Å². The number of hydrazine groups is 1. The smallest absolute Gasteiger partial charge is 0.350 e. The van der Waals surface area contributed by atoms with Crippen LogP contribution in [0.1, 0.15) is 0 Å². The molecule has 0 atom stereocenters. The zero-order valence-corrected chi connectivity index (χ0v) is 5.54. The van der Waals surface area contributed by atoms with Crippen molar-refractivity contribution < 1.29 is 23.8 Å². The lowest BCUT2D eigenvalue weighted by molar-refractivity contribution is 0.102. The van der Waals surface area contributed by atoms with Gasteiger partial charge >= 0.3 is 13.9 Å². The lowest BCUT2D eigenvalue weighted by atomic mass is 11.2. The fraction of sp³-hybridized carbons (Fsp3) is 0. The van der Waals surface area contributed by atoms with Crippen LogP contribution in [-0.2, 0) is 9.19 Å². The number of nitrogens with two attached hydrogens (primary N) is 1. The van der Waals surface area contributed by atoms with Gasteiger partial charge in [0.2, 0.25) is 0 Å². The molecule has 0 aliphatic rings. The molecule has 0 aliphatic heterocycles. The molecule has 8 nitrogen and oxygen atoms in total. The van der Waals surface area contributed by atoms with Crippen LogP contribution in [-0.4, -0.2) is 15.8 Å². The van der Waals surface area contributed by atoms with E-state index in [0.29, 0.717) is 0 Å². The van der Waals surface area contributed by atoms with Gasteiger partial charge in [0.05, 0.1) is 0 Å². The minimum Gasteiger partial charge on any atom is -0.350 e. The molecule has 0 aromatic rings. The molecule has 0 aliphatic carbocycles. The van der Waals surface area contributed by atoms with Gasteiger partial charge in [-0.25, -0.2) is 14.8 Å². The van der Waals surface area contributed by atoms with E-state index in [1.165, 1.54) is 5.59 Å². The quantitative estimate of drug-likeness (QED) is 0.251. The summed E-state index contributed by atoms with van der Waals surface area (Å²) in [6.45, 7) is 0. The van der Waals surface area contributed by atoms with Crippen molar-refractivity contribution in [3.05, 3.63) is 0 Å². The number of amides is 2. The number of hydrogen-bond acceptors (Lipinski definition) is 4. The Bertz CT molecular complexity index is 162. The predicted molar refractivity (Wildman–Crippen MR) is 29.0 cm³/mol. The summed E-state index contributed by atoms with van der Waals surface area (Å²) in [5.41, 5.74) is 7.49. The molecule has 60 valence electrons. The van der Waals surface area contributed by atoms with Gasteiger partial charge in [-0.1, -0.05) is 5.59 Å². The zero-order chi connectivity index (χ0) is 8.20. The Hall–Kier alpha value is -0.660. The number of phosphoric acid groups is 1. The van der Waals surface area contributed by atoms with E-state index in [1.54, 1.807) is 5.43 Å². The Kier molecular flexibility index (Phi) is 3.26. The summed E-state index contributed by atoms with van der Waals surface area (Å²) in [6.07, 6.45) is 0. The highest BCUT2D eigenvalue weighted by molar-refractivity contribution is 7.46. The maximum Gasteiger partial charge on any atom is 0.487 e. The van der Waals surface area contributed by atoms with Gasteiger partial charge < -0.3 is 15.5 Å². The first kappa shape index (κ1) is 9.34. The van der Waals surface area contributed by atoms with Crippen LogP contribution in [0.3, 0.4) is 0 Å². The summed E-state index contributed by atoms with van der Waals surface area (Å²) in [5.74, 6) is 0. The SMILES string of the molecule is NC(=O)NNOP(=O)(O)O. The molecular formula is CH6N3O5P. The van der Waals surface area contributed by atoms with E-state index in [1.807, 2.05) is 0 Å². The van der Waals surface area contributed by atoms with Gasteiger partial charge in [0.15, 0.2) is 0 Å². The lowest BCUT2D eigenvalue weighted by Gasteiger charge is -2.04. The Morgan fingerprint density at radius 3 is 2.40 bits per heavy atom. The minimum absolute atomic E-state index is 1.02. The van der Waals surface area contributed by atoms with Crippen LogP contribution < -0.4 is 16.7 Å². The number of urea groups is 1. The van der Waals surface area contributed by atoms with Gasteiger partial charge in [-0.15, -0.1) is 0 Å². The second-order valence-electron chi connectivity index (χ2n) is 1.17. The second kappa shape index (κ2) is 3.49. The molecule has 6 N–H and O–H groups in total. The molecule has 0 rings (SSSR count). The molecule has 9 heteroatoms. The number of carbonyl (C=O) groups excluding carboxylic acids is 1. The van der Waals surface area contributed by atoms with E-state index in [4.69, 9.17) is 9.79 Å². The third-order valence-electron chi connectivity index (χ3n) is 0.339. The van der Waals surface area contributed by atoms with Gasteiger partial charge in [0.25, 0.3) is 0 Å². The number of rotatable bonds is 3. The Balaban J connectivity index is 3.39. The van der Waals surface area contributed by atoms with Crippen molar-refractivity contribution >= 4 is 13.9 Å². The van der Waals surface area contributed by atoms with Crippen molar-refractivity contribution in [2.75, 3.05) is 0 Å². The molecule has 0 aromatic carbocycles. The van der Waals surface area contributed by atoms with E-state index >= 15 is 0 Å². The number of hydrogen-bond donors (Lipinski definition) is 5. The number of carbonyl (C=O) groups is 1. The molecule has 0 heterocycles. The largest absolute Gasteiger partial charge is 0.487 e. The van der Waals surface area contributed by atoms with Crippen molar-refractivity contribution in [3.8, 4) is 0 Å². The second-order valence-corrected chi connectivity index (χ2v) is 2.34. The van der Waals surface area contributed by atoms with Crippen LogP contribution in [0.2, 0.25) is 0 Å². The van der Waals surface area contributed by atoms with E-state index in [-0.39, 0.29) is 0 Å². The summed E-state index contributed by atoms with van der Waals surface area (Å²) >= 11 is 0. The number of primary amides is 1. The topological polar surface area (TPSA) is 134 Å². The first-order valence-electron chi connectivity index (χ1n) is 1.96. The summed E-state index contributed by atoms with van der Waals surface area (Å²) in [7, 11) is -4.60. The average molecular weight is 171 g/mol. The molecule has 2 amide bonds. The van der Waals surface area contributed by atoms with Gasteiger partial charge in [0, 0.05) is 0 Å². The highest BCUT2D eigenvalue weighted by Gasteiger charge is 2.13. The Labute approximate surface area is 55.5 Å². The van der Waals surface area contributed by atoms with Gasteiger partial charge in [-0.05, 0) is 0 Å². The maximum atomic E-state index is 9.83. The lowest BCUT2D eigenvalue weighted by Crippen LogP contribution is -2.40. The number of nitrogens with one attached hydrogen (secondary N) is 2. The van der Waals surface area contributed by atoms with Crippen molar-refractivity contribution in [3.63, 3.8) is 0 Å². The highest BCUT2D eigenvalue weighted by atomic mass is 31.2. The first-order valence-corrected chi connectivity index (χ1v) is 3.49.